The number of aromatic nitrogens is 2. The predicted molar refractivity (Wildman–Crippen MR) is 108 cm³/mol. The monoisotopic (exact) mass is 415 g/mol. The Kier molecular flexibility index (Phi) is 5.78. The van der Waals surface area contributed by atoms with Crippen LogP contribution in [0.1, 0.15) is 16.8 Å². The zero-order valence-corrected chi connectivity index (χ0v) is 16.7. The van der Waals surface area contributed by atoms with Crippen molar-refractivity contribution in [3.8, 4) is 5.75 Å². The maximum atomic E-state index is 5.45. The molecule has 6 nitrogen and oxygen atoms in total. The third-order valence-electron chi connectivity index (χ3n) is 4.01. The molecule has 26 heavy (non-hydrogen) atoms. The second-order valence-electron chi connectivity index (χ2n) is 5.94. The van der Waals surface area contributed by atoms with Crippen molar-refractivity contribution in [1.82, 2.24) is 20.0 Å². The number of nitrogens with zero attached hydrogens (tertiary/aromatic N) is 3. The molecule has 3 aromatic rings. The van der Waals surface area contributed by atoms with Crippen LogP contribution in [0.5, 0.6) is 5.75 Å². The molecular formula is C19H22BrN5O. The number of halogens is 1. The molecule has 2 aromatic heterocycles. The molecule has 0 atom stereocenters. The van der Waals surface area contributed by atoms with E-state index in [2.05, 4.69) is 48.7 Å². The molecule has 2 N–H and O–H groups in total. The fourth-order valence-electron chi connectivity index (χ4n) is 2.67. The van der Waals surface area contributed by atoms with Gasteiger partial charge in [-0.15, -0.1) is 0 Å². The average Bonchev–Trinajstić information content (AvgIpc) is 3.04. The normalized spacial score (nSPS) is 11.6. The Morgan fingerprint density at radius 2 is 2.00 bits per heavy atom. The van der Waals surface area contributed by atoms with Crippen LogP contribution in [0.4, 0.5) is 0 Å². The van der Waals surface area contributed by atoms with Crippen LogP contribution < -0.4 is 15.4 Å². The molecule has 0 aliphatic heterocycles. The van der Waals surface area contributed by atoms with Gasteiger partial charge in [0.25, 0.3) is 0 Å². The summed E-state index contributed by atoms with van der Waals surface area (Å²) >= 11 is 3.47. The number of imidazole rings is 1. The van der Waals surface area contributed by atoms with Crippen molar-refractivity contribution < 1.29 is 4.74 Å². The molecule has 0 amide bonds. The lowest BCUT2D eigenvalue weighted by Gasteiger charge is -2.13. The number of pyridine rings is 1. The van der Waals surface area contributed by atoms with Gasteiger partial charge in [0.2, 0.25) is 0 Å². The van der Waals surface area contributed by atoms with Crippen molar-refractivity contribution in [3.05, 3.63) is 64.0 Å². The van der Waals surface area contributed by atoms with Crippen molar-refractivity contribution in [2.24, 2.45) is 4.99 Å². The average molecular weight is 416 g/mol. The number of nitrogens with one attached hydrogen (secondary N) is 2. The Bertz CT molecular complexity index is 935. The summed E-state index contributed by atoms with van der Waals surface area (Å²) in [6.45, 7) is 3.26. The molecule has 0 spiro atoms. The van der Waals surface area contributed by atoms with Gasteiger partial charge in [0.1, 0.15) is 11.4 Å². The Balaban J connectivity index is 1.61. The van der Waals surface area contributed by atoms with Gasteiger partial charge in [-0.2, -0.15) is 0 Å². The van der Waals surface area contributed by atoms with Crippen molar-refractivity contribution in [2.45, 2.75) is 20.0 Å². The molecule has 0 saturated heterocycles. The second-order valence-corrected chi connectivity index (χ2v) is 6.86. The highest BCUT2D eigenvalue weighted by Gasteiger charge is 2.06. The predicted octanol–water partition coefficient (Wildman–Crippen LogP) is 3.28. The molecular weight excluding hydrogens is 394 g/mol. The van der Waals surface area contributed by atoms with Crippen LogP contribution in [0, 0.1) is 6.92 Å². The van der Waals surface area contributed by atoms with Gasteiger partial charge in [-0.1, -0.05) is 12.1 Å². The summed E-state index contributed by atoms with van der Waals surface area (Å²) in [7, 11) is 3.44. The summed E-state index contributed by atoms with van der Waals surface area (Å²) in [6, 6.07) is 10.1. The summed E-state index contributed by atoms with van der Waals surface area (Å²) in [5.41, 5.74) is 4.11. The van der Waals surface area contributed by atoms with Gasteiger partial charge in [-0.3, -0.25) is 4.99 Å². The van der Waals surface area contributed by atoms with Crippen molar-refractivity contribution in [3.63, 3.8) is 0 Å². The molecule has 0 unspecified atom stereocenters. The van der Waals surface area contributed by atoms with E-state index in [4.69, 9.17) is 4.74 Å². The number of rotatable bonds is 5. The lowest BCUT2D eigenvalue weighted by Crippen LogP contribution is -2.36. The third-order valence-corrected chi connectivity index (χ3v) is 4.48. The first-order valence-corrected chi connectivity index (χ1v) is 9.09. The van der Waals surface area contributed by atoms with Crippen molar-refractivity contribution >= 4 is 27.5 Å². The summed E-state index contributed by atoms with van der Waals surface area (Å²) in [4.78, 5) is 8.86. The fraction of sp³-hybridized carbons (Fsp3) is 0.263. The number of ether oxygens (including phenoxy) is 1. The number of fused-ring (bicyclic) bond motifs is 1. The maximum absolute atomic E-state index is 5.45. The van der Waals surface area contributed by atoms with E-state index in [1.165, 1.54) is 5.56 Å². The summed E-state index contributed by atoms with van der Waals surface area (Å²) in [5, 5.41) is 6.60. The second kappa shape index (κ2) is 8.23. The number of aryl methyl sites for hydroxylation is 1. The van der Waals surface area contributed by atoms with E-state index in [0.29, 0.717) is 19.0 Å². The minimum Gasteiger partial charge on any atom is -0.496 e. The van der Waals surface area contributed by atoms with Crippen LogP contribution in [-0.4, -0.2) is 29.5 Å². The molecule has 1 aromatic carbocycles. The largest absolute Gasteiger partial charge is 0.496 e. The molecule has 0 saturated carbocycles. The Hall–Kier alpha value is -2.54. The minimum atomic E-state index is 0.587. The topological polar surface area (TPSA) is 63.0 Å². The lowest BCUT2D eigenvalue weighted by atomic mass is 10.1. The van der Waals surface area contributed by atoms with E-state index in [9.17, 15) is 0 Å². The smallest absolute Gasteiger partial charge is 0.191 e. The first-order valence-electron chi connectivity index (χ1n) is 8.30. The van der Waals surface area contributed by atoms with Gasteiger partial charge in [0.15, 0.2) is 5.96 Å². The Labute approximate surface area is 161 Å². The van der Waals surface area contributed by atoms with Gasteiger partial charge in [0.05, 0.1) is 19.3 Å². The molecule has 2 heterocycles. The first-order chi connectivity index (χ1) is 12.6. The molecule has 7 heteroatoms. The van der Waals surface area contributed by atoms with Crippen molar-refractivity contribution in [1.29, 1.82) is 0 Å². The Morgan fingerprint density at radius 1 is 1.19 bits per heavy atom. The molecule has 3 rings (SSSR count). The van der Waals surface area contributed by atoms with Crippen LogP contribution in [0.15, 0.2) is 52.2 Å². The number of hydrogen-bond donors (Lipinski definition) is 2. The molecule has 0 aliphatic rings. The third kappa shape index (κ3) is 4.35. The number of guanidine groups is 1. The molecule has 136 valence electrons. The number of benzene rings is 1. The van der Waals surface area contributed by atoms with Crippen LogP contribution in [0.2, 0.25) is 0 Å². The summed E-state index contributed by atoms with van der Waals surface area (Å²) in [5.74, 6) is 1.59. The zero-order valence-electron chi connectivity index (χ0n) is 15.1. The zero-order chi connectivity index (χ0) is 18.5. The molecule has 0 bridgehead atoms. The van der Waals surface area contributed by atoms with E-state index in [0.717, 1.165) is 27.1 Å². The first kappa shape index (κ1) is 18.3. The van der Waals surface area contributed by atoms with Crippen LogP contribution in [0.25, 0.3) is 5.65 Å². The van der Waals surface area contributed by atoms with Gasteiger partial charge in [-0.05, 0) is 46.6 Å². The van der Waals surface area contributed by atoms with E-state index in [-0.39, 0.29) is 0 Å². The highest BCUT2D eigenvalue weighted by Crippen LogP contribution is 2.19. The minimum absolute atomic E-state index is 0.587. The summed E-state index contributed by atoms with van der Waals surface area (Å²) in [6.07, 6.45) is 3.99. The lowest BCUT2D eigenvalue weighted by molar-refractivity contribution is 0.408. The van der Waals surface area contributed by atoms with E-state index in [1.54, 1.807) is 14.2 Å². The van der Waals surface area contributed by atoms with Gasteiger partial charge in [-0.25, -0.2) is 4.98 Å². The highest BCUT2D eigenvalue weighted by molar-refractivity contribution is 9.10. The standard InChI is InChI=1S/C19H22BrN5O/c1-13-4-5-14(17(8-13)26-3)9-22-19(21-2)23-10-16-12-25-11-15(20)6-7-18(25)24-16/h4-8,11-12H,9-10H2,1-3H3,(H2,21,22,23). The van der Waals surface area contributed by atoms with E-state index < -0.39 is 0 Å². The van der Waals surface area contributed by atoms with Crippen LogP contribution >= 0.6 is 15.9 Å². The van der Waals surface area contributed by atoms with E-state index >= 15 is 0 Å². The van der Waals surface area contributed by atoms with Gasteiger partial charge in [0, 0.05) is 36.0 Å². The molecule has 0 fully saturated rings. The molecule has 0 aliphatic carbocycles. The van der Waals surface area contributed by atoms with Gasteiger partial charge >= 0.3 is 0 Å². The fourth-order valence-corrected chi connectivity index (χ4v) is 3.03. The van der Waals surface area contributed by atoms with Crippen LogP contribution in [0.3, 0.4) is 0 Å². The number of aliphatic imine (C=N–C) groups is 1. The van der Waals surface area contributed by atoms with E-state index in [1.807, 2.05) is 41.9 Å². The number of methoxy groups -OCH3 is 1. The quantitative estimate of drug-likeness (QED) is 0.495. The summed E-state index contributed by atoms with van der Waals surface area (Å²) < 4.78 is 8.46. The number of hydrogen-bond acceptors (Lipinski definition) is 3. The van der Waals surface area contributed by atoms with Gasteiger partial charge < -0.3 is 19.8 Å². The Morgan fingerprint density at radius 3 is 2.77 bits per heavy atom. The van der Waals surface area contributed by atoms with Crippen molar-refractivity contribution in [2.75, 3.05) is 14.2 Å². The highest BCUT2D eigenvalue weighted by atomic mass is 79.9. The SMILES string of the molecule is CN=C(NCc1cn2cc(Br)ccc2n1)NCc1ccc(C)cc1OC. The van der Waals surface area contributed by atoms with Crippen LogP contribution in [-0.2, 0) is 13.1 Å². The maximum Gasteiger partial charge on any atom is 0.191 e. The molecule has 0 radical (unpaired) electrons.